The SMILES string of the molecule is CC(C)(C)c1cc2c(S)c(c1)CN(CCO)CCN(CCO)CCN(CCO)Cc1cc(C(C)(C)C)cc(c1S)CN(CCO)CCN(CCO)CCN(CCO)C2. The molecule has 58 heavy (non-hydrogen) atoms. The quantitative estimate of drug-likeness (QED) is 0.149. The van der Waals surface area contributed by atoms with Crippen LogP contribution in [-0.4, -0.2) is 191 Å². The van der Waals surface area contributed by atoms with Gasteiger partial charge in [0.25, 0.3) is 0 Å². The van der Waals surface area contributed by atoms with Crippen LogP contribution >= 0.6 is 25.3 Å². The Morgan fingerprint density at radius 3 is 0.759 bits per heavy atom. The average molecular weight is 851 g/mol. The molecule has 0 fully saturated rings. The summed E-state index contributed by atoms with van der Waals surface area (Å²) in [5.74, 6) is 0. The normalized spacial score (nSPS) is 18.4. The Hall–Kier alpha value is -1.34. The van der Waals surface area contributed by atoms with Crippen LogP contribution in [0.5, 0.6) is 0 Å². The molecule has 0 aromatic heterocycles. The van der Waals surface area contributed by atoms with E-state index in [-0.39, 0.29) is 50.5 Å². The summed E-state index contributed by atoms with van der Waals surface area (Å²) in [6.07, 6.45) is 0. The number of benzene rings is 2. The van der Waals surface area contributed by atoms with Gasteiger partial charge in [-0.3, -0.25) is 29.4 Å². The summed E-state index contributed by atoms with van der Waals surface area (Å²) in [5, 5.41) is 60.9. The molecule has 0 radical (unpaired) electrons. The molecule has 0 unspecified atom stereocenters. The molecule has 0 saturated heterocycles. The van der Waals surface area contributed by atoms with Crippen molar-refractivity contribution in [2.24, 2.45) is 0 Å². The second-order valence-corrected chi connectivity index (χ2v) is 18.8. The number of rotatable bonds is 12. The van der Waals surface area contributed by atoms with E-state index in [1.165, 1.54) is 11.1 Å². The molecular weight excluding hydrogens is 773 g/mol. The number of β-amino-alcohol motifs (C(OH)–C–C–N with tert-alkyl or cyclic N) is 6. The van der Waals surface area contributed by atoms with E-state index in [2.05, 4.69) is 95.2 Å². The van der Waals surface area contributed by atoms with Crippen molar-refractivity contribution in [3.63, 3.8) is 0 Å². The smallest absolute Gasteiger partial charge is 0.0558 e. The zero-order valence-corrected chi connectivity index (χ0v) is 38.3. The second-order valence-electron chi connectivity index (χ2n) is 17.9. The molecule has 6 N–H and O–H groups in total. The van der Waals surface area contributed by atoms with Crippen molar-refractivity contribution < 1.29 is 30.6 Å². The summed E-state index contributed by atoms with van der Waals surface area (Å²) < 4.78 is 0. The molecule has 1 aliphatic rings. The van der Waals surface area contributed by atoms with Crippen LogP contribution in [0.3, 0.4) is 0 Å². The third-order valence-electron chi connectivity index (χ3n) is 11.3. The van der Waals surface area contributed by atoms with Gasteiger partial charge in [-0.25, -0.2) is 0 Å². The summed E-state index contributed by atoms with van der Waals surface area (Å²) in [7, 11) is 0. The highest BCUT2D eigenvalue weighted by Gasteiger charge is 2.24. The Bertz CT molecular complexity index is 1300. The number of fused-ring (bicyclic) bond motifs is 4. The molecule has 3 rings (SSSR count). The minimum atomic E-state index is -0.115. The molecule has 12 nitrogen and oxygen atoms in total. The molecule has 0 spiro atoms. The molecule has 0 saturated carbocycles. The van der Waals surface area contributed by atoms with Gasteiger partial charge >= 0.3 is 0 Å². The molecular formula is C44H78N6O6S2. The van der Waals surface area contributed by atoms with Gasteiger partial charge in [0.05, 0.1) is 39.6 Å². The second kappa shape index (κ2) is 25.6. The monoisotopic (exact) mass is 851 g/mol. The van der Waals surface area contributed by atoms with Gasteiger partial charge in [-0.15, -0.1) is 25.3 Å². The molecule has 2 aromatic rings. The van der Waals surface area contributed by atoms with E-state index in [9.17, 15) is 30.6 Å². The van der Waals surface area contributed by atoms with E-state index in [0.717, 1.165) is 32.0 Å². The predicted molar refractivity (Wildman–Crippen MR) is 241 cm³/mol. The molecule has 332 valence electrons. The van der Waals surface area contributed by atoms with Gasteiger partial charge in [-0.05, 0) is 44.2 Å². The maximum atomic E-state index is 10.2. The number of nitrogens with zero attached hydrogens (tertiary/aromatic N) is 6. The lowest BCUT2D eigenvalue weighted by Gasteiger charge is -2.32. The lowest BCUT2D eigenvalue weighted by atomic mass is 9.84. The summed E-state index contributed by atoms with van der Waals surface area (Å²) >= 11 is 10.3. The average Bonchev–Trinajstić information content (AvgIpc) is 3.15. The van der Waals surface area contributed by atoms with E-state index in [4.69, 9.17) is 25.3 Å². The van der Waals surface area contributed by atoms with Crippen LogP contribution in [0.1, 0.15) is 74.9 Å². The molecule has 0 amide bonds. The lowest BCUT2D eigenvalue weighted by Crippen LogP contribution is -2.42. The molecule has 0 aliphatic carbocycles. The molecule has 14 heteroatoms. The first kappa shape index (κ1) is 51.0. The Balaban J connectivity index is 2.11. The molecule has 1 heterocycles. The molecule has 0 atom stereocenters. The minimum absolute atomic E-state index is 0.0199. The van der Waals surface area contributed by atoms with Crippen LogP contribution < -0.4 is 0 Å². The van der Waals surface area contributed by atoms with Gasteiger partial charge in [0.2, 0.25) is 0 Å². The zero-order valence-electron chi connectivity index (χ0n) is 36.5. The Kier molecular flexibility index (Phi) is 22.5. The summed E-state index contributed by atoms with van der Waals surface area (Å²) in [6.45, 7) is 24.3. The fourth-order valence-corrected chi connectivity index (χ4v) is 8.10. The first-order valence-electron chi connectivity index (χ1n) is 21.3. The standard InChI is InChI=1S/C44H78N6O6S2/c1-43(2,3)39-27-35-31-47(17-23-53)11-7-45(15-21-51)9-13-49(19-25-55)33-37-29-40(44(4,5)6)30-38(42(37)58)34-50(20-26-56)14-10-46(16-22-52)8-12-48(18-24-54)32-36(28-39)41(35)57/h27-30,51-58H,7-26,31-34H2,1-6H3. The van der Waals surface area contributed by atoms with Crippen LogP contribution in [0.25, 0.3) is 0 Å². The van der Waals surface area contributed by atoms with Crippen LogP contribution in [0, 0.1) is 0 Å². The molecule has 1 aliphatic heterocycles. The van der Waals surface area contributed by atoms with Crippen LogP contribution in [0.15, 0.2) is 34.1 Å². The van der Waals surface area contributed by atoms with E-state index in [0.29, 0.717) is 118 Å². The maximum Gasteiger partial charge on any atom is 0.0558 e. The van der Waals surface area contributed by atoms with Crippen LogP contribution in [-0.2, 0) is 37.0 Å². The molecule has 4 bridgehead atoms. The third kappa shape index (κ3) is 16.8. The summed E-state index contributed by atoms with van der Waals surface area (Å²) in [4.78, 5) is 15.3. The maximum absolute atomic E-state index is 10.2. The topological polar surface area (TPSA) is 141 Å². The van der Waals surface area contributed by atoms with Crippen molar-refractivity contribution >= 4 is 25.3 Å². The van der Waals surface area contributed by atoms with Crippen molar-refractivity contribution in [1.82, 2.24) is 29.4 Å². The van der Waals surface area contributed by atoms with E-state index >= 15 is 0 Å². The summed E-state index contributed by atoms with van der Waals surface area (Å²) in [6, 6.07) is 8.97. The van der Waals surface area contributed by atoms with Gasteiger partial charge in [0.15, 0.2) is 0 Å². The van der Waals surface area contributed by atoms with Crippen molar-refractivity contribution in [3.8, 4) is 0 Å². The third-order valence-corrected chi connectivity index (χ3v) is 12.4. The van der Waals surface area contributed by atoms with Crippen molar-refractivity contribution in [2.75, 3.05) is 131 Å². The van der Waals surface area contributed by atoms with Gasteiger partial charge in [-0.2, -0.15) is 0 Å². The Labute approximate surface area is 361 Å². The Morgan fingerprint density at radius 2 is 0.569 bits per heavy atom. The minimum Gasteiger partial charge on any atom is -0.395 e. The largest absolute Gasteiger partial charge is 0.395 e. The Morgan fingerprint density at radius 1 is 0.379 bits per heavy atom. The van der Waals surface area contributed by atoms with Crippen molar-refractivity contribution in [1.29, 1.82) is 0 Å². The predicted octanol–water partition coefficient (Wildman–Crippen LogP) is 2.34. The number of thiol groups is 2. The first-order valence-corrected chi connectivity index (χ1v) is 22.2. The number of aliphatic hydroxyl groups is 6. The lowest BCUT2D eigenvalue weighted by molar-refractivity contribution is 0.124. The van der Waals surface area contributed by atoms with Gasteiger partial charge in [0.1, 0.15) is 0 Å². The highest BCUT2D eigenvalue weighted by Crippen LogP contribution is 2.32. The fraction of sp³-hybridized carbons (Fsp3) is 0.727. The van der Waals surface area contributed by atoms with Crippen molar-refractivity contribution in [2.45, 2.75) is 88.3 Å². The van der Waals surface area contributed by atoms with Crippen molar-refractivity contribution in [3.05, 3.63) is 57.6 Å². The molecule has 2 aromatic carbocycles. The number of hydrogen-bond donors (Lipinski definition) is 8. The van der Waals surface area contributed by atoms with E-state index in [1.807, 2.05) is 0 Å². The highest BCUT2D eigenvalue weighted by atomic mass is 32.1. The summed E-state index contributed by atoms with van der Waals surface area (Å²) in [5.41, 5.74) is 6.52. The van der Waals surface area contributed by atoms with Crippen LogP contribution in [0.4, 0.5) is 0 Å². The van der Waals surface area contributed by atoms with Crippen LogP contribution in [0.2, 0.25) is 0 Å². The van der Waals surface area contributed by atoms with Gasteiger partial charge in [-0.1, -0.05) is 65.8 Å². The number of aliphatic hydroxyl groups excluding tert-OH is 6. The first-order chi connectivity index (χ1) is 27.6. The zero-order chi connectivity index (χ0) is 42.9. The number of hydrogen-bond acceptors (Lipinski definition) is 14. The highest BCUT2D eigenvalue weighted by molar-refractivity contribution is 7.80. The fourth-order valence-electron chi connectivity index (χ4n) is 7.56. The van der Waals surface area contributed by atoms with E-state index in [1.54, 1.807) is 0 Å². The van der Waals surface area contributed by atoms with Gasteiger partial charge < -0.3 is 30.6 Å². The van der Waals surface area contributed by atoms with Gasteiger partial charge in [0, 0.05) is 128 Å². The van der Waals surface area contributed by atoms with E-state index < -0.39 is 0 Å².